The van der Waals surface area contributed by atoms with Gasteiger partial charge in [0, 0.05) is 24.1 Å². The van der Waals surface area contributed by atoms with Gasteiger partial charge in [0.15, 0.2) is 0 Å². The molecular formula is C32H20O10. The highest BCUT2D eigenvalue weighted by molar-refractivity contribution is 5.95. The Morgan fingerprint density at radius 1 is 0.690 bits per heavy atom. The van der Waals surface area contributed by atoms with Gasteiger partial charge < -0.3 is 33.6 Å². The van der Waals surface area contributed by atoms with Gasteiger partial charge in [-0.25, -0.2) is 14.4 Å². The number of hydrogen-bond acceptors (Lipinski definition) is 10. The summed E-state index contributed by atoms with van der Waals surface area (Å²) in [4.78, 5) is 37.2. The molecule has 208 valence electrons. The van der Waals surface area contributed by atoms with Gasteiger partial charge in [0.2, 0.25) is 0 Å². The first kappa shape index (κ1) is 25.2. The van der Waals surface area contributed by atoms with Crippen molar-refractivity contribution in [3.63, 3.8) is 0 Å². The Kier molecular flexibility index (Phi) is 5.65. The molecule has 0 fully saturated rings. The summed E-state index contributed by atoms with van der Waals surface area (Å²) in [6.07, 6.45) is 0.422. The fraction of sp³-hybridized carbons (Fsp3) is 0.0938. The lowest BCUT2D eigenvalue weighted by Gasteiger charge is -2.30. The molecule has 3 N–H and O–H groups in total. The molecule has 0 aliphatic carbocycles. The Balaban J connectivity index is 1.28. The molecule has 0 amide bonds. The maximum absolute atomic E-state index is 12.9. The predicted octanol–water partition coefficient (Wildman–Crippen LogP) is 4.61. The number of esters is 1. The zero-order chi connectivity index (χ0) is 29.1. The number of benzene rings is 3. The SMILES string of the molecule is O=C1OC2Oc3ccc(Cc4cc(=O)oc5cccc(O)c45)cc3C(O)=C2C=C1Cc1cc(=O)oc2cccc(O)c12. The van der Waals surface area contributed by atoms with Crippen LogP contribution in [0.1, 0.15) is 22.3 Å². The maximum Gasteiger partial charge on any atom is 0.337 e. The van der Waals surface area contributed by atoms with Gasteiger partial charge in [-0.3, -0.25) is 0 Å². The molecule has 0 bridgehead atoms. The first-order chi connectivity index (χ1) is 20.2. The van der Waals surface area contributed by atoms with Gasteiger partial charge in [-0.05, 0) is 65.6 Å². The number of rotatable bonds is 4. The molecule has 1 unspecified atom stereocenters. The van der Waals surface area contributed by atoms with E-state index in [0.717, 1.165) is 0 Å². The number of phenols is 2. The van der Waals surface area contributed by atoms with E-state index in [9.17, 15) is 29.7 Å². The molecule has 10 nitrogen and oxygen atoms in total. The number of hydrogen-bond donors (Lipinski definition) is 3. The molecule has 2 aliphatic rings. The first-order valence-corrected chi connectivity index (χ1v) is 12.9. The second kappa shape index (κ2) is 9.41. The van der Waals surface area contributed by atoms with E-state index in [0.29, 0.717) is 27.6 Å². The van der Waals surface area contributed by atoms with Crippen molar-refractivity contribution in [2.75, 3.05) is 0 Å². The number of fused-ring (bicyclic) bond motifs is 4. The monoisotopic (exact) mass is 564 g/mol. The van der Waals surface area contributed by atoms with Crippen molar-refractivity contribution in [3.8, 4) is 17.2 Å². The normalized spacial score (nSPS) is 16.0. The zero-order valence-electron chi connectivity index (χ0n) is 21.6. The topological polar surface area (TPSA) is 157 Å². The van der Waals surface area contributed by atoms with Crippen molar-refractivity contribution in [1.29, 1.82) is 0 Å². The Hall–Kier alpha value is -5.77. The summed E-state index contributed by atoms with van der Waals surface area (Å²) < 4.78 is 21.8. The van der Waals surface area contributed by atoms with Crippen molar-refractivity contribution >= 4 is 33.7 Å². The Labute approximate surface area is 235 Å². The lowest BCUT2D eigenvalue weighted by atomic mass is 9.94. The molecule has 2 aromatic heterocycles. The standard InChI is InChI=1S/C32H20O10/c33-21-3-1-5-24-28(21)16(13-26(35)39-24)9-15-7-8-23-19(10-15)30(37)20-12-18(31(38)42-32(20)41-23)11-17-14-27(36)40-25-6-2-4-22(34)29(17)25/h1-8,10,12-14,32-34,37H,9,11H2. The van der Waals surface area contributed by atoms with E-state index in [1.165, 1.54) is 42.5 Å². The number of carbonyl (C=O) groups is 1. The minimum Gasteiger partial charge on any atom is -0.507 e. The van der Waals surface area contributed by atoms with Crippen LogP contribution < -0.4 is 16.0 Å². The minimum atomic E-state index is -1.19. The molecule has 0 saturated carbocycles. The molecule has 7 rings (SSSR count). The molecular weight excluding hydrogens is 544 g/mol. The van der Waals surface area contributed by atoms with E-state index >= 15 is 0 Å². The van der Waals surface area contributed by atoms with Crippen molar-refractivity contribution < 1.29 is 38.4 Å². The van der Waals surface area contributed by atoms with Gasteiger partial charge >= 0.3 is 17.2 Å². The molecule has 10 heteroatoms. The summed E-state index contributed by atoms with van der Waals surface area (Å²) in [6, 6.07) is 16.8. The van der Waals surface area contributed by atoms with E-state index in [1.54, 1.807) is 30.3 Å². The Morgan fingerprint density at radius 2 is 1.31 bits per heavy atom. The first-order valence-electron chi connectivity index (χ1n) is 12.9. The predicted molar refractivity (Wildman–Crippen MR) is 149 cm³/mol. The van der Waals surface area contributed by atoms with Crippen LogP contribution in [-0.2, 0) is 22.4 Å². The lowest BCUT2D eigenvalue weighted by Crippen LogP contribution is -2.34. The van der Waals surface area contributed by atoms with Crippen molar-refractivity contribution in [1.82, 2.24) is 0 Å². The highest BCUT2D eigenvalue weighted by Crippen LogP contribution is 2.40. The smallest absolute Gasteiger partial charge is 0.337 e. The van der Waals surface area contributed by atoms with E-state index in [2.05, 4.69) is 0 Å². The number of aromatic hydroxyl groups is 2. The van der Waals surface area contributed by atoms with Gasteiger partial charge in [0.05, 0.1) is 21.9 Å². The minimum absolute atomic E-state index is 0.0284. The van der Waals surface area contributed by atoms with Crippen LogP contribution in [0.4, 0.5) is 0 Å². The van der Waals surface area contributed by atoms with E-state index in [-0.39, 0.29) is 63.5 Å². The van der Waals surface area contributed by atoms with Crippen LogP contribution in [0.5, 0.6) is 17.2 Å². The van der Waals surface area contributed by atoms with Gasteiger partial charge in [-0.1, -0.05) is 18.2 Å². The van der Waals surface area contributed by atoms with Crippen LogP contribution in [0.2, 0.25) is 0 Å². The fourth-order valence-corrected chi connectivity index (χ4v) is 5.45. The molecule has 5 aromatic rings. The third kappa shape index (κ3) is 4.17. The molecule has 42 heavy (non-hydrogen) atoms. The average molecular weight is 565 g/mol. The van der Waals surface area contributed by atoms with E-state index in [4.69, 9.17) is 18.3 Å². The van der Waals surface area contributed by atoms with Gasteiger partial charge in [0.25, 0.3) is 6.29 Å². The van der Waals surface area contributed by atoms with Crippen LogP contribution in [0.3, 0.4) is 0 Å². The van der Waals surface area contributed by atoms with E-state index < -0.39 is 23.5 Å². The molecule has 0 spiro atoms. The zero-order valence-corrected chi connectivity index (χ0v) is 21.6. The second-order valence-corrected chi connectivity index (χ2v) is 9.99. The third-order valence-electron chi connectivity index (χ3n) is 7.30. The summed E-state index contributed by atoms with van der Waals surface area (Å²) in [7, 11) is 0. The quantitative estimate of drug-likeness (QED) is 0.208. The summed E-state index contributed by atoms with van der Waals surface area (Å²) in [5, 5.41) is 32.8. The lowest BCUT2D eigenvalue weighted by molar-refractivity contribution is -0.155. The number of aliphatic hydroxyl groups is 1. The summed E-state index contributed by atoms with van der Waals surface area (Å²) in [6.45, 7) is 0. The van der Waals surface area contributed by atoms with Crippen LogP contribution in [0.15, 0.2) is 102 Å². The summed E-state index contributed by atoms with van der Waals surface area (Å²) in [5.74, 6) is -0.738. The maximum atomic E-state index is 12.9. The molecule has 0 saturated heterocycles. The Bertz CT molecular complexity index is 2150. The highest BCUT2D eigenvalue weighted by atomic mass is 16.7. The van der Waals surface area contributed by atoms with Gasteiger partial charge in [0.1, 0.15) is 34.2 Å². The van der Waals surface area contributed by atoms with Crippen molar-refractivity contribution in [2.24, 2.45) is 0 Å². The van der Waals surface area contributed by atoms with Crippen LogP contribution in [-0.4, -0.2) is 27.6 Å². The van der Waals surface area contributed by atoms with Crippen LogP contribution >= 0.6 is 0 Å². The molecule has 2 aliphatic heterocycles. The molecule has 3 aromatic carbocycles. The van der Waals surface area contributed by atoms with Gasteiger partial charge in [-0.15, -0.1) is 0 Å². The van der Waals surface area contributed by atoms with Crippen LogP contribution in [0, 0.1) is 0 Å². The second-order valence-electron chi connectivity index (χ2n) is 9.99. The molecule has 1 atom stereocenters. The van der Waals surface area contributed by atoms with E-state index in [1.807, 2.05) is 0 Å². The number of ether oxygens (including phenoxy) is 2. The summed E-state index contributed by atoms with van der Waals surface area (Å²) in [5.41, 5.74) is 1.48. The largest absolute Gasteiger partial charge is 0.507 e. The van der Waals surface area contributed by atoms with Gasteiger partial charge in [-0.2, -0.15) is 0 Å². The fourth-order valence-electron chi connectivity index (χ4n) is 5.45. The third-order valence-corrected chi connectivity index (χ3v) is 7.30. The highest BCUT2D eigenvalue weighted by Gasteiger charge is 2.36. The number of carbonyl (C=O) groups excluding carboxylic acids is 1. The molecule has 4 heterocycles. The number of aliphatic hydroxyl groups excluding tert-OH is 1. The average Bonchev–Trinajstić information content (AvgIpc) is 2.94. The van der Waals surface area contributed by atoms with Crippen molar-refractivity contribution in [3.05, 3.63) is 127 Å². The number of phenolic OH excluding ortho intramolecular Hbond substituents is 2. The van der Waals surface area contributed by atoms with Crippen molar-refractivity contribution in [2.45, 2.75) is 19.1 Å². The summed E-state index contributed by atoms with van der Waals surface area (Å²) >= 11 is 0. The Morgan fingerprint density at radius 3 is 1.95 bits per heavy atom. The molecule has 0 radical (unpaired) electrons. The van der Waals surface area contributed by atoms with Crippen LogP contribution in [0.25, 0.3) is 27.7 Å².